The fourth-order valence-electron chi connectivity index (χ4n) is 9.67. The molecule has 0 saturated heterocycles. The van der Waals surface area contributed by atoms with Crippen LogP contribution in [0.2, 0.25) is 0 Å². The van der Waals surface area contributed by atoms with Crippen molar-refractivity contribution in [2.24, 2.45) is 23.5 Å². The van der Waals surface area contributed by atoms with E-state index in [0.29, 0.717) is 158 Å². The third kappa shape index (κ3) is 22.0. The maximum atomic E-state index is 14.6. The highest BCUT2D eigenvalue weighted by molar-refractivity contribution is 5.93. The average molecular weight is 1230 g/mol. The first kappa shape index (κ1) is 71.4. The van der Waals surface area contributed by atoms with Crippen LogP contribution in [-0.2, 0) is 107 Å². The van der Waals surface area contributed by atoms with Crippen LogP contribution in [-0.4, -0.2) is 194 Å². The summed E-state index contributed by atoms with van der Waals surface area (Å²) in [6.45, 7) is 19.7. The van der Waals surface area contributed by atoms with Gasteiger partial charge in [0.2, 0.25) is 35.9 Å². The molecule has 0 radical (unpaired) electrons. The van der Waals surface area contributed by atoms with Crippen molar-refractivity contribution in [3.63, 3.8) is 0 Å². The molecule has 25 nitrogen and oxygen atoms in total. The van der Waals surface area contributed by atoms with Gasteiger partial charge in [0.25, 0.3) is 5.56 Å². The molecule has 0 bridgehead atoms. The van der Waals surface area contributed by atoms with Crippen molar-refractivity contribution in [1.29, 1.82) is 0 Å². The monoisotopic (exact) mass is 1230 g/mol. The van der Waals surface area contributed by atoms with Gasteiger partial charge >= 0.3 is 5.97 Å². The molecular formula is C61H90FN7O18. The van der Waals surface area contributed by atoms with Crippen LogP contribution >= 0.6 is 0 Å². The highest BCUT2D eigenvalue weighted by Crippen LogP contribution is 2.42. The van der Waals surface area contributed by atoms with E-state index in [-0.39, 0.29) is 80.0 Å². The largest absolute Gasteiger partial charge is 0.458 e. The number of aromatic nitrogens is 2. The van der Waals surface area contributed by atoms with E-state index in [2.05, 4.69) is 16.0 Å². The number of benzene rings is 1. The number of hydrogen-bond donors (Lipinski definition) is 4. The van der Waals surface area contributed by atoms with Crippen LogP contribution in [0, 0.1) is 30.5 Å². The van der Waals surface area contributed by atoms with Crippen LogP contribution in [0.5, 0.6) is 0 Å². The highest BCUT2D eigenvalue weighted by Gasteiger charge is 2.37. The smallest absolute Gasteiger partial charge is 0.340 e. The number of nitrogens with two attached hydrogens (primary N) is 1. The first-order valence-corrected chi connectivity index (χ1v) is 29.9. The number of ether oxygens (including phenoxy) is 10. The summed E-state index contributed by atoms with van der Waals surface area (Å²) in [5.74, 6) is -2.45. The molecule has 3 aliphatic rings. The van der Waals surface area contributed by atoms with Crippen LogP contribution in [0.25, 0.3) is 22.3 Å². The molecule has 4 atom stereocenters. The number of nitrogens with zero attached hydrogens (tertiary/aromatic N) is 3. The van der Waals surface area contributed by atoms with Crippen LogP contribution in [0.1, 0.15) is 107 Å². The van der Waals surface area contributed by atoms with Gasteiger partial charge in [-0.15, -0.1) is 0 Å². The Morgan fingerprint density at radius 1 is 0.736 bits per heavy atom. The van der Waals surface area contributed by atoms with Gasteiger partial charge in [0, 0.05) is 62.0 Å². The van der Waals surface area contributed by atoms with Crippen LogP contribution in [0.3, 0.4) is 0 Å². The molecule has 26 heteroatoms. The van der Waals surface area contributed by atoms with Crippen LogP contribution < -0.4 is 27.2 Å². The van der Waals surface area contributed by atoms with Gasteiger partial charge in [-0.1, -0.05) is 34.6 Å². The molecule has 4 unspecified atom stereocenters. The second-order valence-electron chi connectivity index (χ2n) is 22.0. The quantitative estimate of drug-likeness (QED) is 0.0283. The number of halogens is 1. The molecule has 87 heavy (non-hydrogen) atoms. The Morgan fingerprint density at radius 2 is 1.29 bits per heavy atom. The molecule has 484 valence electrons. The first-order chi connectivity index (χ1) is 41.8. The molecule has 2 aromatic heterocycles. The molecule has 4 heterocycles. The maximum absolute atomic E-state index is 14.6. The van der Waals surface area contributed by atoms with Crippen LogP contribution in [0.4, 0.5) is 4.39 Å². The van der Waals surface area contributed by atoms with E-state index in [1.54, 1.807) is 18.4 Å². The van der Waals surface area contributed by atoms with Crippen molar-refractivity contribution in [2.45, 2.75) is 118 Å². The summed E-state index contributed by atoms with van der Waals surface area (Å²) in [5.41, 5.74) is 11.8. The SMILES string of the molecule is CC(NC(=O)C(NC(=O)CCOCCOCCOCCOCCOCCOCCOCCOCCNC(=O)CCN(C=O)C(=O)CC(C)C(C)C)C(C)C)C(N)=O.COC1C(=O)OCc2c1cc1n(c2=O)Cc2c-1nc1cc(F)c(C)c3c1c2CCC3. The van der Waals surface area contributed by atoms with Crippen LogP contribution in [0.15, 0.2) is 16.9 Å². The van der Waals surface area contributed by atoms with Gasteiger partial charge in [0.1, 0.15) is 24.5 Å². The van der Waals surface area contributed by atoms with E-state index < -0.39 is 36.0 Å². The molecular weight excluding hydrogens is 1140 g/mol. The summed E-state index contributed by atoms with van der Waals surface area (Å²) in [5, 5.41) is 8.90. The van der Waals surface area contributed by atoms with E-state index in [0.717, 1.165) is 46.2 Å². The zero-order valence-corrected chi connectivity index (χ0v) is 51.7. The predicted molar refractivity (Wildman–Crippen MR) is 316 cm³/mol. The molecule has 3 aromatic rings. The van der Waals surface area contributed by atoms with Crippen molar-refractivity contribution in [1.82, 2.24) is 30.4 Å². The third-order valence-electron chi connectivity index (χ3n) is 15.1. The summed E-state index contributed by atoms with van der Waals surface area (Å²) in [6, 6.07) is 1.68. The number of primary amides is 1. The van der Waals surface area contributed by atoms with Crippen molar-refractivity contribution >= 4 is 52.8 Å². The minimum atomic E-state index is -0.929. The lowest BCUT2D eigenvalue weighted by atomic mass is 9.85. The molecule has 1 aliphatic carbocycles. The number of hydrogen-bond acceptors (Lipinski definition) is 19. The summed E-state index contributed by atoms with van der Waals surface area (Å²) in [7, 11) is 1.42. The van der Waals surface area contributed by atoms with Crippen molar-refractivity contribution in [3.8, 4) is 11.4 Å². The van der Waals surface area contributed by atoms with E-state index in [1.807, 2.05) is 33.8 Å². The number of imide groups is 1. The Labute approximate surface area is 507 Å². The van der Waals surface area contributed by atoms with Gasteiger partial charge in [-0.2, -0.15) is 0 Å². The number of fused-ring (bicyclic) bond motifs is 5. The Bertz CT molecular complexity index is 2830. The number of pyridine rings is 2. The number of nitrogens with one attached hydrogen (secondary N) is 3. The highest BCUT2D eigenvalue weighted by atomic mass is 19.1. The fraction of sp³-hybridized carbons (Fsp3) is 0.656. The van der Waals surface area contributed by atoms with Gasteiger partial charge in [0.05, 0.1) is 135 Å². The summed E-state index contributed by atoms with van der Waals surface area (Å²) in [6.07, 6.45) is 2.60. The number of rotatable bonds is 40. The maximum Gasteiger partial charge on any atom is 0.340 e. The molecule has 6 rings (SSSR count). The number of esters is 1. The number of carbonyl (C=O) groups is 7. The van der Waals surface area contributed by atoms with Gasteiger partial charge in [-0.3, -0.25) is 38.5 Å². The Balaban J connectivity index is 0.000000376. The summed E-state index contributed by atoms with van der Waals surface area (Å²) < 4.78 is 70.3. The third-order valence-corrected chi connectivity index (χ3v) is 15.1. The van der Waals surface area contributed by atoms with Gasteiger partial charge in [-0.05, 0) is 73.6 Å². The molecule has 6 amide bonds. The molecule has 2 aliphatic heterocycles. The normalized spacial score (nSPS) is 14.9. The van der Waals surface area contributed by atoms with E-state index in [4.69, 9.17) is 58.1 Å². The number of aryl methyl sites for hydroxylation is 2. The molecule has 0 saturated carbocycles. The lowest BCUT2D eigenvalue weighted by molar-refractivity contribution is -0.159. The summed E-state index contributed by atoms with van der Waals surface area (Å²) in [4.78, 5) is 103. The van der Waals surface area contributed by atoms with E-state index in [1.165, 1.54) is 20.1 Å². The number of methoxy groups -OCH3 is 1. The Hall–Kier alpha value is -6.36. The standard InChI is InChI=1S/C38H71N5O14.C23H19FN2O4/c1-29(2)31(5)27-35(47)43(28-44)10-7-33(45)40-9-12-51-14-16-53-18-20-55-22-24-57-26-25-56-23-21-54-19-17-52-15-13-50-11-8-34(46)42-36(30(3)4)38(49)41-32(6)37(39)48;1-10-11-4-3-5-12-14-8-26-18(20(14)25-17(19(11)12)7-16(10)24)6-13-15(22(26)27)9-30-23(28)21(13)29-2/h28-32,36H,7-27H2,1-6H3,(H2,39,48)(H,40,45)(H,41,49)(H,42,46);6-7,21H,3-5,8-9H2,1-2H3. The fourth-order valence-corrected chi connectivity index (χ4v) is 9.67. The zero-order chi connectivity index (χ0) is 63.4. The average Bonchev–Trinajstić information content (AvgIpc) is 1.70. The lowest BCUT2D eigenvalue weighted by Gasteiger charge is -2.24. The minimum absolute atomic E-state index is 0.0416. The van der Waals surface area contributed by atoms with E-state index >= 15 is 0 Å². The van der Waals surface area contributed by atoms with Gasteiger partial charge in [-0.25, -0.2) is 14.2 Å². The Morgan fingerprint density at radius 3 is 1.82 bits per heavy atom. The van der Waals surface area contributed by atoms with Crippen molar-refractivity contribution in [2.75, 3.05) is 126 Å². The molecule has 1 aromatic carbocycles. The second-order valence-corrected chi connectivity index (χ2v) is 22.0. The summed E-state index contributed by atoms with van der Waals surface area (Å²) >= 11 is 0. The Kier molecular flexibility index (Phi) is 30.8. The zero-order valence-electron chi connectivity index (χ0n) is 51.7. The van der Waals surface area contributed by atoms with Gasteiger partial charge < -0.3 is 73.6 Å². The topological polar surface area (TPSA) is 312 Å². The number of amides is 6. The minimum Gasteiger partial charge on any atom is -0.458 e. The number of cyclic esters (lactones) is 1. The first-order valence-electron chi connectivity index (χ1n) is 29.9. The molecule has 0 fully saturated rings. The van der Waals surface area contributed by atoms with Crippen molar-refractivity contribution < 1.29 is 85.3 Å². The number of carbonyl (C=O) groups excluding carboxylic acids is 7. The van der Waals surface area contributed by atoms with Crippen molar-refractivity contribution in [3.05, 3.63) is 61.7 Å². The molecule has 0 spiro atoms. The lowest BCUT2D eigenvalue weighted by Crippen LogP contribution is -2.54. The second kappa shape index (κ2) is 37.5. The van der Waals surface area contributed by atoms with E-state index in [9.17, 15) is 42.7 Å². The predicted octanol–water partition coefficient (Wildman–Crippen LogP) is 2.92. The molecule has 5 N–H and O–H groups in total. The van der Waals surface area contributed by atoms with Gasteiger partial charge in [0.15, 0.2) is 6.10 Å².